The Hall–Kier alpha value is -1.30. The summed E-state index contributed by atoms with van der Waals surface area (Å²) >= 11 is 0. The van der Waals surface area contributed by atoms with E-state index in [1.54, 1.807) is 0 Å². The Kier molecular flexibility index (Phi) is 1.61. The van der Waals surface area contributed by atoms with Crippen molar-refractivity contribution in [1.29, 1.82) is 0 Å². The zero-order chi connectivity index (χ0) is 8.55. The number of fused-ring (bicyclic) bond motifs is 1. The fourth-order valence-corrected chi connectivity index (χ4v) is 1.50. The second-order valence-electron chi connectivity index (χ2n) is 3.19. The molecule has 0 heterocycles. The molecule has 1 radical (unpaired) electrons. The van der Waals surface area contributed by atoms with Gasteiger partial charge in [-0.3, -0.25) is 0 Å². The van der Waals surface area contributed by atoms with Crippen molar-refractivity contribution < 1.29 is 0 Å². The number of rotatable bonds is 0. The predicted octanol–water partition coefficient (Wildman–Crippen LogP) is 3.26. The molecular formula is C12H11. The predicted molar refractivity (Wildman–Crippen MR) is 52.3 cm³/mol. The van der Waals surface area contributed by atoms with Gasteiger partial charge in [0.15, 0.2) is 0 Å². The van der Waals surface area contributed by atoms with E-state index in [0.29, 0.717) is 0 Å². The van der Waals surface area contributed by atoms with Crippen LogP contribution in [-0.2, 0) is 0 Å². The van der Waals surface area contributed by atoms with Gasteiger partial charge >= 0.3 is 0 Å². The van der Waals surface area contributed by atoms with Gasteiger partial charge in [-0.25, -0.2) is 0 Å². The molecule has 2 rings (SSSR count). The summed E-state index contributed by atoms with van der Waals surface area (Å²) in [6.07, 6.45) is 0. The van der Waals surface area contributed by atoms with Gasteiger partial charge in [-0.2, -0.15) is 0 Å². The largest absolute Gasteiger partial charge is 0.0587 e. The zero-order valence-corrected chi connectivity index (χ0v) is 7.39. The minimum absolute atomic E-state index is 1.23. The lowest BCUT2D eigenvalue weighted by atomic mass is 10.0. The van der Waals surface area contributed by atoms with E-state index in [0.717, 1.165) is 0 Å². The van der Waals surface area contributed by atoms with Crippen molar-refractivity contribution in [2.45, 2.75) is 13.8 Å². The molecule has 2 aromatic carbocycles. The number of aryl methyl sites for hydroxylation is 2. The van der Waals surface area contributed by atoms with Crippen LogP contribution < -0.4 is 0 Å². The first-order valence-electron chi connectivity index (χ1n) is 4.15. The van der Waals surface area contributed by atoms with Crippen molar-refractivity contribution in [3.63, 3.8) is 0 Å². The van der Waals surface area contributed by atoms with Crippen LogP contribution in [0, 0.1) is 19.9 Å². The first-order valence-corrected chi connectivity index (χ1v) is 4.15. The Morgan fingerprint density at radius 3 is 2.75 bits per heavy atom. The Balaban J connectivity index is 2.86. The molecule has 0 aromatic heterocycles. The van der Waals surface area contributed by atoms with E-state index < -0.39 is 0 Å². The fourth-order valence-electron chi connectivity index (χ4n) is 1.50. The van der Waals surface area contributed by atoms with Gasteiger partial charge in [0.25, 0.3) is 0 Å². The summed E-state index contributed by atoms with van der Waals surface area (Å²) in [5, 5.41) is 2.62. The third-order valence-electron chi connectivity index (χ3n) is 2.17. The summed E-state index contributed by atoms with van der Waals surface area (Å²) in [7, 11) is 0. The van der Waals surface area contributed by atoms with Crippen LogP contribution in [0.3, 0.4) is 0 Å². The monoisotopic (exact) mass is 155 g/mol. The van der Waals surface area contributed by atoms with Crippen LogP contribution in [0.15, 0.2) is 30.3 Å². The molecule has 2 aromatic rings. The normalized spacial score (nSPS) is 10.5. The molecule has 0 aliphatic heterocycles. The highest BCUT2D eigenvalue weighted by atomic mass is 14.0. The summed E-state index contributed by atoms with van der Waals surface area (Å²) < 4.78 is 0. The summed E-state index contributed by atoms with van der Waals surface area (Å²) in [5.41, 5.74) is 2.54. The molecular weight excluding hydrogens is 144 g/mol. The van der Waals surface area contributed by atoms with Gasteiger partial charge < -0.3 is 0 Å². The molecule has 0 N–H and O–H groups in total. The van der Waals surface area contributed by atoms with Crippen molar-refractivity contribution in [1.82, 2.24) is 0 Å². The first kappa shape index (κ1) is 7.35. The molecule has 12 heavy (non-hydrogen) atoms. The van der Waals surface area contributed by atoms with Crippen molar-refractivity contribution in [3.05, 3.63) is 47.5 Å². The second-order valence-corrected chi connectivity index (χ2v) is 3.19. The van der Waals surface area contributed by atoms with Crippen molar-refractivity contribution in [3.8, 4) is 0 Å². The molecule has 0 aliphatic carbocycles. The number of benzene rings is 2. The van der Waals surface area contributed by atoms with Crippen LogP contribution in [0.4, 0.5) is 0 Å². The average Bonchev–Trinajstić information content (AvgIpc) is 2.04. The zero-order valence-electron chi connectivity index (χ0n) is 7.39. The van der Waals surface area contributed by atoms with E-state index in [-0.39, 0.29) is 0 Å². The Labute approximate surface area is 72.8 Å². The second kappa shape index (κ2) is 2.63. The standard InChI is InChI=1S/C12H11/c1-9-6-7-12-10(2)4-3-5-11(12)8-9/h3,5-8H,1-2H3. The average molecular weight is 155 g/mol. The molecule has 0 amide bonds. The maximum Gasteiger partial charge on any atom is -0.0145 e. The Morgan fingerprint density at radius 1 is 1.08 bits per heavy atom. The van der Waals surface area contributed by atoms with Gasteiger partial charge in [0.1, 0.15) is 0 Å². The SMILES string of the molecule is Cc1ccc2c(C)[c]ccc2c1. The molecule has 0 atom stereocenters. The summed E-state index contributed by atoms with van der Waals surface area (Å²) in [4.78, 5) is 0. The summed E-state index contributed by atoms with van der Waals surface area (Å²) in [6.45, 7) is 4.21. The smallest absolute Gasteiger partial charge is 0.0145 e. The maximum atomic E-state index is 3.19. The van der Waals surface area contributed by atoms with E-state index in [9.17, 15) is 0 Å². The van der Waals surface area contributed by atoms with Crippen LogP contribution in [0.1, 0.15) is 11.1 Å². The molecule has 59 valence electrons. The van der Waals surface area contributed by atoms with Gasteiger partial charge in [-0.05, 0) is 36.2 Å². The lowest BCUT2D eigenvalue weighted by molar-refractivity contribution is 1.47. The van der Waals surface area contributed by atoms with Crippen molar-refractivity contribution >= 4 is 10.8 Å². The van der Waals surface area contributed by atoms with Crippen LogP contribution in [0.2, 0.25) is 0 Å². The first-order chi connectivity index (χ1) is 5.77. The van der Waals surface area contributed by atoms with E-state index >= 15 is 0 Å². The molecule has 0 nitrogen and oxygen atoms in total. The van der Waals surface area contributed by atoms with E-state index in [1.807, 2.05) is 6.07 Å². The highest BCUT2D eigenvalue weighted by molar-refractivity contribution is 5.85. The maximum absolute atomic E-state index is 3.19. The van der Waals surface area contributed by atoms with Crippen molar-refractivity contribution in [2.75, 3.05) is 0 Å². The topological polar surface area (TPSA) is 0 Å². The molecule has 0 saturated carbocycles. The number of hydrogen-bond donors (Lipinski definition) is 0. The minimum Gasteiger partial charge on any atom is -0.0587 e. The Bertz CT molecular complexity index is 413. The molecule has 0 fully saturated rings. The van der Waals surface area contributed by atoms with E-state index in [4.69, 9.17) is 0 Å². The summed E-state index contributed by atoms with van der Waals surface area (Å²) in [6, 6.07) is 13.8. The molecule has 0 spiro atoms. The summed E-state index contributed by atoms with van der Waals surface area (Å²) in [5.74, 6) is 0. The number of hydrogen-bond acceptors (Lipinski definition) is 0. The molecule has 0 unspecified atom stereocenters. The third kappa shape index (κ3) is 1.10. The van der Waals surface area contributed by atoms with Crippen LogP contribution in [0.25, 0.3) is 10.8 Å². The fraction of sp³-hybridized carbons (Fsp3) is 0.167. The molecule has 0 saturated heterocycles. The highest BCUT2D eigenvalue weighted by Crippen LogP contribution is 2.18. The lowest BCUT2D eigenvalue weighted by Gasteiger charge is -2.01. The van der Waals surface area contributed by atoms with Crippen LogP contribution in [0.5, 0.6) is 0 Å². The van der Waals surface area contributed by atoms with Gasteiger partial charge in [0.2, 0.25) is 0 Å². The van der Waals surface area contributed by atoms with Gasteiger partial charge in [0, 0.05) is 0 Å². The molecule has 0 bridgehead atoms. The van der Waals surface area contributed by atoms with Crippen molar-refractivity contribution in [2.24, 2.45) is 0 Å². The van der Waals surface area contributed by atoms with Crippen LogP contribution >= 0.6 is 0 Å². The van der Waals surface area contributed by atoms with Gasteiger partial charge in [-0.1, -0.05) is 35.9 Å². The Morgan fingerprint density at radius 2 is 1.92 bits per heavy atom. The van der Waals surface area contributed by atoms with Crippen LogP contribution in [-0.4, -0.2) is 0 Å². The van der Waals surface area contributed by atoms with E-state index in [2.05, 4.69) is 44.2 Å². The van der Waals surface area contributed by atoms with E-state index in [1.165, 1.54) is 21.9 Å². The van der Waals surface area contributed by atoms with Gasteiger partial charge in [0.05, 0.1) is 0 Å². The minimum atomic E-state index is 1.23. The van der Waals surface area contributed by atoms with Gasteiger partial charge in [-0.15, -0.1) is 0 Å². The molecule has 0 heteroatoms. The molecule has 0 aliphatic rings. The third-order valence-corrected chi connectivity index (χ3v) is 2.17. The highest BCUT2D eigenvalue weighted by Gasteiger charge is 1.95. The lowest BCUT2D eigenvalue weighted by Crippen LogP contribution is -1.79. The quantitative estimate of drug-likeness (QED) is 0.547.